The van der Waals surface area contributed by atoms with E-state index in [1.165, 1.54) is 19.3 Å². The number of aryl methyl sites for hydroxylation is 1. The van der Waals surface area contributed by atoms with Gasteiger partial charge in [0.15, 0.2) is 0 Å². The van der Waals surface area contributed by atoms with E-state index in [1.807, 2.05) is 6.07 Å². The van der Waals surface area contributed by atoms with E-state index in [1.54, 1.807) is 0 Å². The van der Waals surface area contributed by atoms with Crippen molar-refractivity contribution in [3.05, 3.63) is 23.8 Å². The third kappa shape index (κ3) is 2.71. The second-order valence-electron chi connectivity index (χ2n) is 7.28. The molecule has 1 saturated carbocycles. The molecule has 4 heteroatoms. The zero-order chi connectivity index (χ0) is 15.3. The molecule has 0 amide bonds. The van der Waals surface area contributed by atoms with Gasteiger partial charge in [-0.2, -0.15) is 0 Å². The van der Waals surface area contributed by atoms with Gasteiger partial charge in [0, 0.05) is 0 Å². The molecule has 3 nitrogen and oxygen atoms in total. The van der Waals surface area contributed by atoms with Gasteiger partial charge in [-0.25, -0.2) is 0 Å². The maximum absolute atomic E-state index is 6.10. The van der Waals surface area contributed by atoms with Crippen molar-refractivity contribution < 1.29 is 14.0 Å². The molecule has 0 radical (unpaired) electrons. The summed E-state index contributed by atoms with van der Waals surface area (Å²) in [6.07, 6.45) is 4.05. The number of hydrogen-bond donors (Lipinski definition) is 0. The Kier molecular flexibility index (Phi) is 3.57. The van der Waals surface area contributed by atoms with Gasteiger partial charge in [0.05, 0.1) is 17.3 Å². The second kappa shape index (κ2) is 5.03. The summed E-state index contributed by atoms with van der Waals surface area (Å²) in [7, 11) is -0.300. The van der Waals surface area contributed by atoms with Gasteiger partial charge in [0.1, 0.15) is 5.75 Å². The Morgan fingerprint density at radius 2 is 1.71 bits per heavy atom. The van der Waals surface area contributed by atoms with E-state index >= 15 is 0 Å². The van der Waals surface area contributed by atoms with Crippen LogP contribution in [-0.4, -0.2) is 24.4 Å². The Bertz CT molecular complexity index is 519. The first-order valence-electron chi connectivity index (χ1n) is 7.91. The summed E-state index contributed by atoms with van der Waals surface area (Å²) in [5, 5.41) is 0. The van der Waals surface area contributed by atoms with Gasteiger partial charge >= 0.3 is 7.12 Å². The molecule has 1 aromatic carbocycles. The molecular formula is C17H25BO3. The highest BCUT2D eigenvalue weighted by Gasteiger charge is 2.51. The summed E-state index contributed by atoms with van der Waals surface area (Å²) in [5.41, 5.74) is 1.61. The number of rotatable bonds is 3. The van der Waals surface area contributed by atoms with E-state index < -0.39 is 0 Å². The molecule has 0 N–H and O–H groups in total. The molecule has 1 aliphatic carbocycles. The minimum absolute atomic E-state index is 0.299. The smallest absolute Gasteiger partial charge is 0.490 e. The van der Waals surface area contributed by atoms with Gasteiger partial charge in [0.2, 0.25) is 0 Å². The van der Waals surface area contributed by atoms with E-state index in [9.17, 15) is 0 Å². The Labute approximate surface area is 128 Å². The van der Waals surface area contributed by atoms with Gasteiger partial charge in [-0.3, -0.25) is 0 Å². The van der Waals surface area contributed by atoms with Crippen molar-refractivity contribution in [1.29, 1.82) is 0 Å². The summed E-state index contributed by atoms with van der Waals surface area (Å²) >= 11 is 0. The molecule has 0 atom stereocenters. The molecule has 0 unspecified atom stereocenters. The van der Waals surface area contributed by atoms with Crippen LogP contribution >= 0.6 is 0 Å². The van der Waals surface area contributed by atoms with Crippen molar-refractivity contribution in [2.24, 2.45) is 0 Å². The largest absolute Gasteiger partial charge is 0.494 e. The van der Waals surface area contributed by atoms with Crippen LogP contribution < -0.4 is 10.2 Å². The van der Waals surface area contributed by atoms with E-state index in [4.69, 9.17) is 14.0 Å². The highest BCUT2D eigenvalue weighted by molar-refractivity contribution is 6.62. The molecule has 2 fully saturated rings. The zero-order valence-corrected chi connectivity index (χ0v) is 13.7. The molecule has 0 bridgehead atoms. The molecule has 1 saturated heterocycles. The first-order valence-corrected chi connectivity index (χ1v) is 7.91. The lowest BCUT2D eigenvalue weighted by Crippen LogP contribution is -2.41. The maximum Gasteiger partial charge on any atom is 0.494 e. The van der Waals surface area contributed by atoms with Crippen molar-refractivity contribution in [1.82, 2.24) is 0 Å². The fourth-order valence-electron chi connectivity index (χ4n) is 2.60. The number of benzene rings is 1. The Balaban J connectivity index is 1.76. The van der Waals surface area contributed by atoms with Crippen LogP contribution in [0.2, 0.25) is 0 Å². The van der Waals surface area contributed by atoms with Crippen LogP contribution in [0.15, 0.2) is 18.2 Å². The molecule has 1 aliphatic heterocycles. The van der Waals surface area contributed by atoms with E-state index in [-0.39, 0.29) is 18.3 Å². The first kappa shape index (κ1) is 14.9. The van der Waals surface area contributed by atoms with Crippen molar-refractivity contribution in [3.8, 4) is 5.75 Å². The lowest BCUT2D eigenvalue weighted by molar-refractivity contribution is 0.00578. The summed E-state index contributed by atoms with van der Waals surface area (Å²) in [6, 6.07) is 6.23. The predicted molar refractivity (Wildman–Crippen MR) is 85.2 cm³/mol. The normalized spacial score (nSPS) is 24.0. The highest BCUT2D eigenvalue weighted by Crippen LogP contribution is 2.36. The van der Waals surface area contributed by atoms with Crippen LogP contribution in [0.4, 0.5) is 0 Å². The summed E-state index contributed by atoms with van der Waals surface area (Å²) in [6.45, 7) is 10.4. The van der Waals surface area contributed by atoms with Gasteiger partial charge in [-0.1, -0.05) is 12.1 Å². The zero-order valence-electron chi connectivity index (χ0n) is 13.7. The standard InChI is InChI=1S/C17H25BO3/c1-12-11-13(9-10-15(12)19-14-7-6-8-14)18-20-16(2,3)17(4,5)21-18/h9-11,14H,6-8H2,1-5H3. The minimum atomic E-state index is -0.300. The topological polar surface area (TPSA) is 27.7 Å². The summed E-state index contributed by atoms with van der Waals surface area (Å²) < 4.78 is 18.2. The number of ether oxygens (including phenoxy) is 1. The van der Waals surface area contributed by atoms with Crippen LogP contribution in [0.3, 0.4) is 0 Å². The fourth-order valence-corrected chi connectivity index (χ4v) is 2.60. The molecule has 0 spiro atoms. The van der Waals surface area contributed by atoms with Crippen molar-refractivity contribution in [2.45, 2.75) is 71.2 Å². The third-order valence-corrected chi connectivity index (χ3v) is 5.07. The Hall–Kier alpha value is -0.995. The first-order chi connectivity index (χ1) is 9.78. The van der Waals surface area contributed by atoms with Crippen LogP contribution in [0.5, 0.6) is 5.75 Å². The Morgan fingerprint density at radius 1 is 1.10 bits per heavy atom. The van der Waals surface area contributed by atoms with Gasteiger partial charge < -0.3 is 14.0 Å². The van der Waals surface area contributed by atoms with Gasteiger partial charge in [-0.05, 0) is 71.0 Å². The van der Waals surface area contributed by atoms with E-state index in [0.717, 1.165) is 16.8 Å². The van der Waals surface area contributed by atoms with Gasteiger partial charge in [-0.15, -0.1) is 0 Å². The molecule has 0 aromatic heterocycles. The minimum Gasteiger partial charge on any atom is -0.490 e. The molecule has 1 aromatic rings. The monoisotopic (exact) mass is 288 g/mol. The van der Waals surface area contributed by atoms with Crippen LogP contribution in [0, 0.1) is 6.92 Å². The van der Waals surface area contributed by atoms with E-state index in [2.05, 4.69) is 46.8 Å². The molecule has 21 heavy (non-hydrogen) atoms. The maximum atomic E-state index is 6.10. The highest BCUT2D eigenvalue weighted by atomic mass is 16.7. The van der Waals surface area contributed by atoms with E-state index in [0.29, 0.717) is 6.10 Å². The number of hydrogen-bond acceptors (Lipinski definition) is 3. The fraction of sp³-hybridized carbons (Fsp3) is 0.647. The second-order valence-corrected chi connectivity index (χ2v) is 7.28. The average Bonchev–Trinajstić information content (AvgIpc) is 2.54. The SMILES string of the molecule is Cc1cc(B2OC(C)(C)C(C)(C)O2)ccc1OC1CCC1. The van der Waals surface area contributed by atoms with Crippen LogP contribution in [0.1, 0.15) is 52.5 Å². The quantitative estimate of drug-likeness (QED) is 0.799. The lowest BCUT2D eigenvalue weighted by Gasteiger charge is -2.32. The third-order valence-electron chi connectivity index (χ3n) is 5.07. The van der Waals surface area contributed by atoms with Gasteiger partial charge in [0.25, 0.3) is 0 Å². The molecule has 1 heterocycles. The summed E-state index contributed by atoms with van der Waals surface area (Å²) in [4.78, 5) is 0. The summed E-state index contributed by atoms with van der Waals surface area (Å²) in [5.74, 6) is 0.986. The Morgan fingerprint density at radius 3 is 2.19 bits per heavy atom. The van der Waals surface area contributed by atoms with Crippen molar-refractivity contribution >= 4 is 12.6 Å². The molecular weight excluding hydrogens is 263 g/mol. The van der Waals surface area contributed by atoms with Crippen molar-refractivity contribution in [2.75, 3.05) is 0 Å². The lowest BCUT2D eigenvalue weighted by atomic mass is 9.78. The van der Waals surface area contributed by atoms with Crippen LogP contribution in [0.25, 0.3) is 0 Å². The predicted octanol–water partition coefficient (Wildman–Crippen LogP) is 3.23. The van der Waals surface area contributed by atoms with Crippen LogP contribution in [-0.2, 0) is 9.31 Å². The molecule has 3 rings (SSSR count). The average molecular weight is 288 g/mol. The molecule has 2 aliphatic rings. The molecule has 114 valence electrons. The van der Waals surface area contributed by atoms with Crippen molar-refractivity contribution in [3.63, 3.8) is 0 Å².